The molecule has 1 amide bonds. The maximum absolute atomic E-state index is 11.9. The Labute approximate surface area is 134 Å². The molecule has 23 heavy (non-hydrogen) atoms. The highest BCUT2D eigenvalue weighted by atomic mass is 16.3. The van der Waals surface area contributed by atoms with Gasteiger partial charge in [0.05, 0.1) is 29.6 Å². The number of nitrogens with one attached hydrogen (secondary N) is 2. The van der Waals surface area contributed by atoms with Crippen molar-refractivity contribution in [3.8, 4) is 0 Å². The largest absolute Gasteiger partial charge is 0.394 e. The molecule has 0 bridgehead atoms. The molecule has 2 heterocycles. The summed E-state index contributed by atoms with van der Waals surface area (Å²) in [7, 11) is 0. The highest BCUT2D eigenvalue weighted by Crippen LogP contribution is 2.25. The fourth-order valence-corrected chi connectivity index (χ4v) is 2.43. The van der Waals surface area contributed by atoms with E-state index in [2.05, 4.69) is 21.4 Å². The molecule has 3 N–H and O–H groups in total. The van der Waals surface area contributed by atoms with Crippen LogP contribution in [0.4, 0.5) is 0 Å². The summed E-state index contributed by atoms with van der Waals surface area (Å²) < 4.78 is 0. The molecule has 0 radical (unpaired) electrons. The molecular weight excluding hydrogens is 290 g/mol. The third-order valence-electron chi connectivity index (χ3n) is 3.67. The second-order valence-electron chi connectivity index (χ2n) is 6.19. The van der Waals surface area contributed by atoms with Crippen molar-refractivity contribution in [2.24, 2.45) is 0 Å². The molecule has 0 spiro atoms. The number of aromatic nitrogens is 2. The van der Waals surface area contributed by atoms with Gasteiger partial charge in [0, 0.05) is 22.4 Å². The normalized spacial score (nSPS) is 12.3. The molecule has 0 atom stereocenters. The summed E-state index contributed by atoms with van der Waals surface area (Å²) in [5.41, 5.74) is 2.09. The summed E-state index contributed by atoms with van der Waals surface area (Å²) in [6, 6.07) is 10.0. The van der Waals surface area contributed by atoms with E-state index in [-0.39, 0.29) is 12.5 Å². The van der Waals surface area contributed by atoms with Gasteiger partial charge in [-0.05, 0) is 32.1 Å². The van der Waals surface area contributed by atoms with Crippen LogP contribution < -0.4 is 5.32 Å². The maximum Gasteiger partial charge on any atom is 0.244 e. The number of hydrogen-bond acceptors (Lipinski definition) is 3. The SMILES string of the molecule is CC(C)(CO)NC(=O)/C=C/c1cc2c(cn1)[nH]c1ccccc12. The van der Waals surface area contributed by atoms with E-state index >= 15 is 0 Å². The van der Waals surface area contributed by atoms with E-state index in [0.29, 0.717) is 5.69 Å². The Morgan fingerprint density at radius 3 is 2.87 bits per heavy atom. The first-order valence-corrected chi connectivity index (χ1v) is 7.46. The standard InChI is InChI=1S/C18H19N3O2/c1-18(2,11-22)21-17(23)8-7-12-9-14-13-5-3-4-6-15(13)20-16(14)10-19-12/h3-10,20,22H,11H2,1-2H3,(H,21,23)/b8-7+. The molecule has 0 saturated carbocycles. The zero-order valence-corrected chi connectivity index (χ0v) is 13.1. The van der Waals surface area contributed by atoms with E-state index in [0.717, 1.165) is 21.8 Å². The Morgan fingerprint density at radius 2 is 2.09 bits per heavy atom. The minimum Gasteiger partial charge on any atom is -0.394 e. The number of aliphatic hydroxyl groups excluding tert-OH is 1. The number of para-hydroxylation sites is 1. The van der Waals surface area contributed by atoms with Crippen LogP contribution in [0.3, 0.4) is 0 Å². The van der Waals surface area contributed by atoms with Crippen LogP contribution in [-0.4, -0.2) is 33.1 Å². The number of nitrogens with zero attached hydrogens (tertiary/aromatic N) is 1. The van der Waals surface area contributed by atoms with Gasteiger partial charge in [0.2, 0.25) is 5.91 Å². The number of aromatic amines is 1. The van der Waals surface area contributed by atoms with Crippen molar-refractivity contribution in [3.63, 3.8) is 0 Å². The first kappa shape index (κ1) is 15.2. The molecule has 0 aliphatic carbocycles. The van der Waals surface area contributed by atoms with E-state index in [1.54, 1.807) is 26.1 Å². The van der Waals surface area contributed by atoms with E-state index in [1.807, 2.05) is 24.3 Å². The first-order valence-electron chi connectivity index (χ1n) is 7.46. The van der Waals surface area contributed by atoms with Crippen LogP contribution >= 0.6 is 0 Å². The van der Waals surface area contributed by atoms with Crippen molar-refractivity contribution in [1.82, 2.24) is 15.3 Å². The Kier molecular flexibility index (Phi) is 3.88. The second kappa shape index (κ2) is 5.85. The predicted molar refractivity (Wildman–Crippen MR) is 91.9 cm³/mol. The average Bonchev–Trinajstić information content (AvgIpc) is 2.90. The molecule has 5 nitrogen and oxygen atoms in total. The van der Waals surface area contributed by atoms with Crippen LogP contribution in [0.2, 0.25) is 0 Å². The number of carbonyl (C=O) groups excluding carboxylic acids is 1. The summed E-state index contributed by atoms with van der Waals surface area (Å²) in [6.07, 6.45) is 4.87. The number of fused-ring (bicyclic) bond motifs is 3. The zero-order valence-electron chi connectivity index (χ0n) is 13.1. The minimum atomic E-state index is -0.643. The molecule has 3 aromatic rings. The number of carbonyl (C=O) groups is 1. The van der Waals surface area contributed by atoms with Gasteiger partial charge < -0.3 is 15.4 Å². The number of benzene rings is 1. The highest BCUT2D eigenvalue weighted by molar-refractivity contribution is 6.07. The molecule has 0 unspecified atom stereocenters. The zero-order chi connectivity index (χ0) is 16.4. The van der Waals surface area contributed by atoms with Gasteiger partial charge in [-0.3, -0.25) is 9.78 Å². The number of aliphatic hydroxyl groups is 1. The van der Waals surface area contributed by atoms with E-state index in [9.17, 15) is 4.79 Å². The highest BCUT2D eigenvalue weighted by Gasteiger charge is 2.17. The van der Waals surface area contributed by atoms with Gasteiger partial charge in [-0.15, -0.1) is 0 Å². The number of rotatable bonds is 4. The molecule has 3 rings (SSSR count). The van der Waals surface area contributed by atoms with Gasteiger partial charge in [0.1, 0.15) is 0 Å². The Morgan fingerprint density at radius 1 is 1.30 bits per heavy atom. The van der Waals surface area contributed by atoms with E-state index in [1.165, 1.54) is 6.08 Å². The summed E-state index contributed by atoms with van der Waals surface area (Å²) in [6.45, 7) is 3.40. The fourth-order valence-electron chi connectivity index (χ4n) is 2.43. The van der Waals surface area contributed by atoms with Crippen molar-refractivity contribution < 1.29 is 9.90 Å². The topological polar surface area (TPSA) is 78.0 Å². The quantitative estimate of drug-likeness (QED) is 0.648. The summed E-state index contributed by atoms with van der Waals surface area (Å²) in [4.78, 5) is 19.5. The van der Waals surface area contributed by atoms with Gasteiger partial charge in [0.25, 0.3) is 0 Å². The Balaban J connectivity index is 1.87. The third kappa shape index (κ3) is 3.24. The van der Waals surface area contributed by atoms with Gasteiger partial charge in [-0.25, -0.2) is 0 Å². The van der Waals surface area contributed by atoms with Crippen LogP contribution in [0.15, 0.2) is 42.6 Å². The van der Waals surface area contributed by atoms with Crippen molar-refractivity contribution in [2.75, 3.05) is 6.61 Å². The maximum atomic E-state index is 11.9. The molecule has 0 fully saturated rings. The summed E-state index contributed by atoms with van der Waals surface area (Å²) >= 11 is 0. The number of pyridine rings is 1. The molecule has 2 aromatic heterocycles. The van der Waals surface area contributed by atoms with E-state index in [4.69, 9.17) is 5.11 Å². The fraction of sp³-hybridized carbons (Fsp3) is 0.222. The Hall–Kier alpha value is -2.66. The number of H-pyrrole nitrogens is 1. The molecule has 5 heteroatoms. The van der Waals surface area contributed by atoms with Crippen LogP contribution in [0, 0.1) is 0 Å². The second-order valence-corrected chi connectivity index (χ2v) is 6.19. The lowest BCUT2D eigenvalue weighted by Crippen LogP contribution is -2.45. The third-order valence-corrected chi connectivity index (χ3v) is 3.67. The monoisotopic (exact) mass is 309 g/mol. The lowest BCUT2D eigenvalue weighted by atomic mass is 10.1. The van der Waals surface area contributed by atoms with Gasteiger partial charge in [-0.1, -0.05) is 18.2 Å². The van der Waals surface area contributed by atoms with Crippen molar-refractivity contribution in [3.05, 3.63) is 48.3 Å². The molecule has 118 valence electrons. The van der Waals surface area contributed by atoms with E-state index < -0.39 is 5.54 Å². The number of hydrogen-bond donors (Lipinski definition) is 3. The van der Waals surface area contributed by atoms with Crippen molar-refractivity contribution in [1.29, 1.82) is 0 Å². The summed E-state index contributed by atoms with van der Waals surface area (Å²) in [5.74, 6) is -0.259. The molecule has 1 aromatic carbocycles. The molecule has 0 aliphatic rings. The lowest BCUT2D eigenvalue weighted by molar-refractivity contribution is -0.118. The van der Waals surface area contributed by atoms with Crippen LogP contribution in [0.1, 0.15) is 19.5 Å². The van der Waals surface area contributed by atoms with Crippen molar-refractivity contribution >= 4 is 33.8 Å². The van der Waals surface area contributed by atoms with Crippen molar-refractivity contribution in [2.45, 2.75) is 19.4 Å². The number of amides is 1. The summed E-state index contributed by atoms with van der Waals surface area (Å²) in [5, 5.41) is 14.1. The first-order chi connectivity index (χ1) is 11.0. The van der Waals surface area contributed by atoms with Gasteiger partial charge >= 0.3 is 0 Å². The smallest absolute Gasteiger partial charge is 0.244 e. The van der Waals surface area contributed by atoms with Crippen LogP contribution in [0.25, 0.3) is 27.9 Å². The lowest BCUT2D eigenvalue weighted by Gasteiger charge is -2.22. The van der Waals surface area contributed by atoms with Crippen LogP contribution in [-0.2, 0) is 4.79 Å². The Bertz CT molecular complexity index is 894. The van der Waals surface area contributed by atoms with Gasteiger partial charge in [0.15, 0.2) is 0 Å². The minimum absolute atomic E-state index is 0.119. The average molecular weight is 309 g/mol. The molecular formula is C18H19N3O2. The predicted octanol–water partition coefficient (Wildman–Crippen LogP) is 2.62. The van der Waals surface area contributed by atoms with Crippen LogP contribution in [0.5, 0.6) is 0 Å². The molecule has 0 saturated heterocycles. The van der Waals surface area contributed by atoms with Gasteiger partial charge in [-0.2, -0.15) is 0 Å². The molecule has 0 aliphatic heterocycles.